The molecule has 0 N–H and O–H groups in total. The van der Waals surface area contributed by atoms with Crippen LogP contribution in [0.15, 0.2) is 30.3 Å². The van der Waals surface area contributed by atoms with Crippen molar-refractivity contribution in [2.24, 2.45) is 0 Å². The zero-order valence-electron chi connectivity index (χ0n) is 6.75. The lowest BCUT2D eigenvalue weighted by Crippen LogP contribution is -1.71. The Hall–Kier alpha value is -0.0900. The van der Waals surface area contributed by atoms with Gasteiger partial charge < -0.3 is 0 Å². The number of benzene rings is 1. The maximum atomic E-state index is 2.45. The highest BCUT2D eigenvalue weighted by molar-refractivity contribution is 14.1. The van der Waals surface area contributed by atoms with Crippen molar-refractivity contribution in [2.75, 3.05) is 0 Å². The molecule has 0 aliphatic carbocycles. The quantitative estimate of drug-likeness (QED) is 0.539. The molecule has 1 aromatic heterocycles. The summed E-state index contributed by atoms with van der Waals surface area (Å²) in [5.74, 6) is 0. The van der Waals surface area contributed by atoms with Crippen LogP contribution in [0.1, 0.15) is 15.7 Å². The maximum Gasteiger partial charge on any atom is 0.0425 e. The van der Waals surface area contributed by atoms with Gasteiger partial charge in [-0.25, -0.2) is 0 Å². The Labute approximate surface area is 89.7 Å². The van der Waals surface area contributed by atoms with Crippen LogP contribution in [0.5, 0.6) is 0 Å². The number of rotatable bonds is 1. The number of hydrogen-bond donors (Lipinski definition) is 0. The molecule has 0 aliphatic heterocycles. The van der Waals surface area contributed by atoms with Gasteiger partial charge in [0.05, 0.1) is 0 Å². The van der Waals surface area contributed by atoms with E-state index in [1.54, 1.807) is 0 Å². The summed E-state index contributed by atoms with van der Waals surface area (Å²) in [5.41, 5.74) is 0. The van der Waals surface area contributed by atoms with Crippen molar-refractivity contribution in [2.45, 2.75) is 10.8 Å². The first kappa shape index (κ1) is 8.51. The Kier molecular flexibility index (Phi) is 2.37. The van der Waals surface area contributed by atoms with Gasteiger partial charge in [-0.2, -0.15) is 0 Å². The standard InChI is InChI=1S/C10H9IS/c1-7(11)10-6-8-4-2-3-5-9(8)12-10/h2-7H,1H3. The molecule has 0 bridgehead atoms. The van der Waals surface area contributed by atoms with Gasteiger partial charge in [-0.3, -0.25) is 0 Å². The number of halogens is 1. The van der Waals surface area contributed by atoms with E-state index >= 15 is 0 Å². The molecule has 0 spiro atoms. The van der Waals surface area contributed by atoms with Crippen molar-refractivity contribution in [3.8, 4) is 0 Å². The fourth-order valence-corrected chi connectivity index (χ4v) is 2.75. The summed E-state index contributed by atoms with van der Waals surface area (Å²) in [5, 5.41) is 1.38. The zero-order chi connectivity index (χ0) is 8.55. The Morgan fingerprint density at radius 1 is 1.33 bits per heavy atom. The van der Waals surface area contributed by atoms with Crippen LogP contribution in [0.3, 0.4) is 0 Å². The minimum atomic E-state index is 0.625. The van der Waals surface area contributed by atoms with Gasteiger partial charge in [-0.1, -0.05) is 40.8 Å². The summed E-state index contributed by atoms with van der Waals surface area (Å²) in [6, 6.07) is 10.8. The van der Waals surface area contributed by atoms with E-state index in [-0.39, 0.29) is 0 Å². The minimum Gasteiger partial charge on any atom is -0.139 e. The van der Waals surface area contributed by atoms with Crippen molar-refractivity contribution in [3.63, 3.8) is 0 Å². The monoisotopic (exact) mass is 288 g/mol. The third-order valence-corrected chi connectivity index (χ3v) is 4.23. The molecule has 0 fully saturated rings. The summed E-state index contributed by atoms with van der Waals surface area (Å²) >= 11 is 4.35. The van der Waals surface area contributed by atoms with Crippen molar-refractivity contribution in [3.05, 3.63) is 35.2 Å². The van der Waals surface area contributed by atoms with Gasteiger partial charge in [0.2, 0.25) is 0 Å². The smallest absolute Gasteiger partial charge is 0.0425 e. The fraction of sp³-hybridized carbons (Fsp3) is 0.200. The summed E-state index contributed by atoms with van der Waals surface area (Å²) in [4.78, 5) is 1.47. The largest absolute Gasteiger partial charge is 0.139 e. The van der Waals surface area contributed by atoms with Crippen LogP contribution in [0.2, 0.25) is 0 Å². The molecule has 2 rings (SSSR count). The normalized spacial score (nSPS) is 13.5. The number of alkyl halides is 1. The lowest BCUT2D eigenvalue weighted by Gasteiger charge is -1.93. The summed E-state index contributed by atoms with van der Waals surface area (Å²) in [6.07, 6.45) is 0. The first-order valence-electron chi connectivity index (χ1n) is 3.90. The highest BCUT2D eigenvalue weighted by Gasteiger charge is 2.04. The van der Waals surface area contributed by atoms with E-state index in [2.05, 4.69) is 59.8 Å². The van der Waals surface area contributed by atoms with E-state index in [0.717, 1.165) is 0 Å². The van der Waals surface area contributed by atoms with E-state index < -0.39 is 0 Å². The number of thiophene rings is 1. The van der Waals surface area contributed by atoms with Crippen LogP contribution in [0.25, 0.3) is 10.1 Å². The molecule has 0 saturated carbocycles. The number of fused-ring (bicyclic) bond motifs is 1. The Bertz CT molecular complexity index is 356. The van der Waals surface area contributed by atoms with Gasteiger partial charge in [0.25, 0.3) is 0 Å². The second-order valence-electron chi connectivity index (χ2n) is 2.80. The van der Waals surface area contributed by atoms with Crippen LogP contribution in [0.4, 0.5) is 0 Å². The van der Waals surface area contributed by atoms with Gasteiger partial charge >= 0.3 is 0 Å². The highest BCUT2D eigenvalue weighted by Crippen LogP contribution is 2.33. The Morgan fingerprint density at radius 2 is 2.08 bits per heavy atom. The van der Waals surface area contributed by atoms with E-state index in [1.807, 2.05) is 11.3 Å². The second kappa shape index (κ2) is 3.34. The minimum absolute atomic E-state index is 0.625. The molecule has 1 heterocycles. The molecule has 2 heteroatoms. The molecular formula is C10H9IS. The first-order chi connectivity index (χ1) is 5.77. The van der Waals surface area contributed by atoms with Crippen molar-refractivity contribution in [1.82, 2.24) is 0 Å². The van der Waals surface area contributed by atoms with Crippen molar-refractivity contribution in [1.29, 1.82) is 0 Å². The molecule has 1 atom stereocenters. The lowest BCUT2D eigenvalue weighted by molar-refractivity contribution is 1.20. The van der Waals surface area contributed by atoms with Crippen LogP contribution in [-0.2, 0) is 0 Å². The molecule has 0 nitrogen and oxygen atoms in total. The van der Waals surface area contributed by atoms with Gasteiger partial charge in [-0.15, -0.1) is 11.3 Å². The van der Waals surface area contributed by atoms with Crippen LogP contribution >= 0.6 is 33.9 Å². The van der Waals surface area contributed by atoms with Gasteiger partial charge in [-0.05, 0) is 24.4 Å². The summed E-state index contributed by atoms with van der Waals surface area (Å²) in [6.45, 7) is 2.23. The average Bonchev–Trinajstić information content (AvgIpc) is 2.46. The average molecular weight is 288 g/mol. The summed E-state index contributed by atoms with van der Waals surface area (Å²) < 4.78 is 2.02. The molecule has 0 aliphatic rings. The Morgan fingerprint density at radius 3 is 2.75 bits per heavy atom. The molecule has 2 aromatic rings. The lowest BCUT2D eigenvalue weighted by atomic mass is 10.2. The predicted molar refractivity (Wildman–Crippen MR) is 64.3 cm³/mol. The molecule has 12 heavy (non-hydrogen) atoms. The van der Waals surface area contributed by atoms with Gasteiger partial charge in [0, 0.05) is 13.5 Å². The molecular weight excluding hydrogens is 279 g/mol. The fourth-order valence-electron chi connectivity index (χ4n) is 1.20. The first-order valence-corrected chi connectivity index (χ1v) is 5.96. The third kappa shape index (κ3) is 1.50. The molecule has 0 saturated heterocycles. The maximum absolute atomic E-state index is 2.45. The van der Waals surface area contributed by atoms with E-state index in [1.165, 1.54) is 15.0 Å². The van der Waals surface area contributed by atoms with E-state index in [0.29, 0.717) is 3.92 Å². The molecule has 0 radical (unpaired) electrons. The van der Waals surface area contributed by atoms with Crippen LogP contribution in [0, 0.1) is 0 Å². The van der Waals surface area contributed by atoms with Crippen molar-refractivity contribution >= 4 is 44.0 Å². The topological polar surface area (TPSA) is 0 Å². The number of hydrogen-bond acceptors (Lipinski definition) is 1. The molecule has 1 unspecified atom stereocenters. The van der Waals surface area contributed by atoms with Crippen LogP contribution in [-0.4, -0.2) is 0 Å². The molecule has 1 aromatic carbocycles. The third-order valence-electron chi connectivity index (χ3n) is 1.84. The SMILES string of the molecule is CC(I)c1cc2ccccc2s1. The van der Waals surface area contributed by atoms with Gasteiger partial charge in [0.15, 0.2) is 0 Å². The van der Waals surface area contributed by atoms with Crippen LogP contribution < -0.4 is 0 Å². The van der Waals surface area contributed by atoms with E-state index in [9.17, 15) is 0 Å². The second-order valence-corrected chi connectivity index (χ2v) is 5.79. The van der Waals surface area contributed by atoms with E-state index in [4.69, 9.17) is 0 Å². The summed E-state index contributed by atoms with van der Waals surface area (Å²) in [7, 11) is 0. The highest BCUT2D eigenvalue weighted by atomic mass is 127. The van der Waals surface area contributed by atoms with Crippen molar-refractivity contribution < 1.29 is 0 Å². The van der Waals surface area contributed by atoms with Gasteiger partial charge in [0.1, 0.15) is 0 Å². The molecule has 0 amide bonds. The molecule has 62 valence electrons. The Balaban J connectivity index is 2.62. The predicted octanol–water partition coefficient (Wildman–Crippen LogP) is 4.40. The zero-order valence-corrected chi connectivity index (χ0v) is 9.72.